The molecule has 0 bridgehead atoms. The third kappa shape index (κ3) is 13.1. The number of likely N-dealkylation sites (tertiary alicyclic amines) is 2. The van der Waals surface area contributed by atoms with Gasteiger partial charge in [0, 0.05) is 59.8 Å². The van der Waals surface area contributed by atoms with E-state index in [1.807, 2.05) is 39.0 Å². The average Bonchev–Trinajstić information content (AvgIpc) is 1.57. The summed E-state index contributed by atoms with van der Waals surface area (Å²) in [7, 11) is 1.56. The maximum atomic E-state index is 14.2. The molecule has 11 rings (SSSR count). The highest BCUT2D eigenvalue weighted by Crippen LogP contribution is 2.65. The number of alkyl halides is 2. The second-order valence-corrected chi connectivity index (χ2v) is 26.7. The number of fused-ring (bicyclic) bond motifs is 3. The number of rotatable bonds is 21. The first kappa shape index (κ1) is 63.0. The van der Waals surface area contributed by atoms with E-state index in [0.717, 1.165) is 49.4 Å². The molecule has 0 spiro atoms. The number of aromatic amines is 2. The normalized spacial score (nSPS) is 25.7. The van der Waals surface area contributed by atoms with Gasteiger partial charge in [0.05, 0.1) is 31.0 Å². The first-order chi connectivity index (χ1) is 41.5. The summed E-state index contributed by atoms with van der Waals surface area (Å²) in [5, 5.41) is 18.2. The van der Waals surface area contributed by atoms with E-state index in [9.17, 15) is 52.3 Å². The van der Waals surface area contributed by atoms with Crippen LogP contribution in [0.5, 0.6) is 5.75 Å². The standard InChI is InChI=1S/C32H42ClN5O6.C31H37ClFN5O5/c1-17-16-38(27(32(17,2)3)30(42)36-22(24(39)15-33)13-19-7-6-12-34-28(19)40)31(43)26(18-10-11-18)37-29(41)23-14-20-21(35-23)8-5-9-25(20)44-4;1-31(2)18-14-38(26(24(18)31)29(42)36-21(23(39)13-32)11-16-5-4-10-34-27(16)40)30(43)25(15-8-9-15)37-28(41)22-12-17-19(33)6-3-7-20(17)35-22/h5,8-9,14,17-19,22,26-27,35H,6-7,10-13,15-16H2,1-4H3,(H,34,40)(H,36,42)(H,37,41);3,6-7,12,15-16,18,21,24-26,35H,4-5,8-11,13-14H2,1-2H3,(H,34,40)(H,36,42)(H,37,41)/t17-,19+,22+,26?,27-;16-,18-,21-,24-,25?,26-/m10/s1. The zero-order chi connectivity index (χ0) is 62.4. The molecule has 87 heavy (non-hydrogen) atoms. The zero-order valence-corrected chi connectivity index (χ0v) is 51.5. The quantitative estimate of drug-likeness (QED) is 0.0497. The lowest BCUT2D eigenvalue weighted by atomic mass is 9.77. The SMILES string of the molecule is CC1(C)[C@@H]2[C@@H](C(=O)N[C@@H](C[C@@H]3CCCNC3=O)C(=O)CCl)N(C(=O)C(NC(=O)c3cc4c(F)cccc4[nH]3)C3CC3)C[C@@H]21.COc1cccc2[nH]c(C(=O)NC(C(=O)N3C[C@@H](C)C(C)(C)[C@H]3C(=O)N[C@@H](C[C@@H]3CCCNC3=O)C(=O)CCl)C3CC3)cc12. The van der Waals surface area contributed by atoms with Crippen molar-refractivity contribution < 1.29 is 57.1 Å². The van der Waals surface area contributed by atoms with Crippen LogP contribution in [0.2, 0.25) is 0 Å². The van der Waals surface area contributed by atoms with Gasteiger partial charge in [-0.15, -0.1) is 23.2 Å². The molecule has 2 aromatic heterocycles. The van der Waals surface area contributed by atoms with Gasteiger partial charge in [0.2, 0.25) is 35.4 Å². The smallest absolute Gasteiger partial charge is 0.268 e. The van der Waals surface area contributed by atoms with Gasteiger partial charge >= 0.3 is 0 Å². The molecule has 8 N–H and O–H groups in total. The Labute approximate surface area is 514 Å². The third-order valence-electron chi connectivity index (χ3n) is 19.8. The lowest BCUT2D eigenvalue weighted by molar-refractivity contribution is -0.143. The van der Waals surface area contributed by atoms with Crippen LogP contribution in [0.3, 0.4) is 0 Å². The zero-order valence-electron chi connectivity index (χ0n) is 50.0. The van der Waals surface area contributed by atoms with Gasteiger partial charge in [-0.25, -0.2) is 4.39 Å². The fourth-order valence-corrected chi connectivity index (χ4v) is 14.2. The summed E-state index contributed by atoms with van der Waals surface area (Å²) in [6.07, 6.45) is 6.21. The van der Waals surface area contributed by atoms with Crippen molar-refractivity contribution in [2.75, 3.05) is 45.0 Å². The number of amides is 8. The molecule has 0 radical (unpaired) electrons. The summed E-state index contributed by atoms with van der Waals surface area (Å²) in [6.45, 7) is 11.9. The summed E-state index contributed by atoms with van der Waals surface area (Å²) in [5.41, 5.74) is 0.879. The van der Waals surface area contributed by atoms with Crippen molar-refractivity contribution in [3.05, 3.63) is 65.7 Å². The number of carbonyl (C=O) groups is 10. The number of ketones is 2. The maximum Gasteiger partial charge on any atom is 0.268 e. The van der Waals surface area contributed by atoms with Crippen LogP contribution in [-0.4, -0.2) is 160 Å². The number of hydrogen-bond acceptors (Lipinski definition) is 11. The fourth-order valence-electron chi connectivity index (χ4n) is 13.8. The molecular weight excluding hydrogens is 1160 g/mol. The number of Topliss-reactive ketones (excluding diaryl/α,β-unsaturated/α-hetero) is 2. The number of piperidine rings is 3. The monoisotopic (exact) mass is 1240 g/mol. The molecule has 6 heterocycles. The van der Waals surface area contributed by atoms with Crippen LogP contribution in [0.1, 0.15) is 120 Å². The highest BCUT2D eigenvalue weighted by molar-refractivity contribution is 6.29. The maximum absolute atomic E-state index is 14.2. The number of aromatic nitrogens is 2. The minimum Gasteiger partial charge on any atom is -0.496 e. The van der Waals surface area contributed by atoms with Gasteiger partial charge < -0.3 is 56.4 Å². The van der Waals surface area contributed by atoms with Gasteiger partial charge in [0.1, 0.15) is 47.1 Å². The molecule has 4 aromatic rings. The molecule has 7 fully saturated rings. The number of methoxy groups -OCH3 is 1. The number of hydrogen-bond donors (Lipinski definition) is 8. The van der Waals surface area contributed by atoms with Crippen molar-refractivity contribution in [2.24, 2.45) is 52.3 Å². The Morgan fingerprint density at radius 3 is 1.64 bits per heavy atom. The van der Waals surface area contributed by atoms with Crippen molar-refractivity contribution in [1.29, 1.82) is 0 Å². The van der Waals surface area contributed by atoms with Gasteiger partial charge in [0.15, 0.2) is 11.6 Å². The van der Waals surface area contributed by atoms with E-state index in [2.05, 4.69) is 55.7 Å². The second kappa shape index (κ2) is 25.6. The molecule has 2 aromatic carbocycles. The van der Waals surface area contributed by atoms with E-state index in [1.54, 1.807) is 35.1 Å². The third-order valence-corrected chi connectivity index (χ3v) is 20.3. The van der Waals surface area contributed by atoms with Crippen molar-refractivity contribution in [3.8, 4) is 5.75 Å². The Morgan fingerprint density at radius 2 is 1.15 bits per heavy atom. The van der Waals surface area contributed by atoms with Crippen molar-refractivity contribution in [2.45, 2.75) is 135 Å². The van der Waals surface area contributed by atoms with Crippen LogP contribution in [0, 0.1) is 58.1 Å². The first-order valence-electron chi connectivity index (χ1n) is 30.5. The van der Waals surface area contributed by atoms with Crippen LogP contribution in [0.25, 0.3) is 21.8 Å². The van der Waals surface area contributed by atoms with Crippen LogP contribution < -0.4 is 36.6 Å². The molecule has 4 aliphatic heterocycles. The van der Waals surface area contributed by atoms with E-state index in [-0.39, 0.29) is 106 Å². The highest BCUT2D eigenvalue weighted by atomic mass is 35.5. The first-order valence-corrected chi connectivity index (χ1v) is 31.5. The molecule has 4 saturated heterocycles. The Balaban J connectivity index is 0.000000193. The Morgan fingerprint density at radius 1 is 0.655 bits per heavy atom. The van der Waals surface area contributed by atoms with Gasteiger partial charge in [-0.1, -0.05) is 46.8 Å². The topological polar surface area (TPSA) is 290 Å². The van der Waals surface area contributed by atoms with E-state index in [0.29, 0.717) is 56.0 Å². The van der Waals surface area contributed by atoms with Crippen LogP contribution in [0.15, 0.2) is 48.5 Å². The van der Waals surface area contributed by atoms with Gasteiger partial charge in [-0.05, 0) is 141 Å². The van der Waals surface area contributed by atoms with Gasteiger partial charge in [0.25, 0.3) is 11.8 Å². The van der Waals surface area contributed by atoms with E-state index >= 15 is 0 Å². The summed E-state index contributed by atoms with van der Waals surface area (Å²) in [5.74, 6) is -4.95. The van der Waals surface area contributed by atoms with Crippen molar-refractivity contribution >= 4 is 104 Å². The number of benzene rings is 2. The average molecular weight is 1240 g/mol. The Bertz CT molecular complexity index is 3380. The number of carbonyl (C=O) groups excluding carboxylic acids is 10. The molecule has 2 unspecified atom stereocenters. The number of nitrogens with zero attached hydrogens (tertiary/aromatic N) is 2. The minimum absolute atomic E-state index is 0.0368. The lowest BCUT2D eigenvalue weighted by Gasteiger charge is -2.35. The summed E-state index contributed by atoms with van der Waals surface area (Å²) >= 11 is 11.8. The van der Waals surface area contributed by atoms with Crippen LogP contribution in [-0.2, 0) is 38.4 Å². The molecular formula is C63H79Cl2FN10O11. The number of halogens is 3. The van der Waals surface area contributed by atoms with Crippen molar-refractivity contribution in [1.82, 2.24) is 51.7 Å². The fraction of sp³-hybridized carbons (Fsp3) is 0.587. The lowest BCUT2D eigenvalue weighted by Crippen LogP contribution is -2.59. The molecule has 7 aliphatic rings. The molecule has 468 valence electrons. The number of H-pyrrole nitrogens is 2. The van der Waals surface area contributed by atoms with Gasteiger partial charge in [-0.3, -0.25) is 47.9 Å². The summed E-state index contributed by atoms with van der Waals surface area (Å²) in [4.78, 5) is 142. The number of nitrogens with one attached hydrogen (secondary N) is 8. The van der Waals surface area contributed by atoms with E-state index in [1.165, 1.54) is 12.1 Å². The van der Waals surface area contributed by atoms with Gasteiger partial charge in [-0.2, -0.15) is 0 Å². The molecule has 24 heteroatoms. The Kier molecular flexibility index (Phi) is 18.5. The second-order valence-electron chi connectivity index (χ2n) is 26.1. The minimum atomic E-state index is -0.949. The molecule has 8 amide bonds. The predicted molar refractivity (Wildman–Crippen MR) is 322 cm³/mol. The Hall–Kier alpha value is -7.07. The van der Waals surface area contributed by atoms with E-state index in [4.69, 9.17) is 27.9 Å². The largest absolute Gasteiger partial charge is 0.496 e. The summed E-state index contributed by atoms with van der Waals surface area (Å²) in [6, 6.07) is 7.90. The highest BCUT2D eigenvalue weighted by Gasteiger charge is 2.70. The molecule has 3 saturated carbocycles. The predicted octanol–water partition coefficient (Wildman–Crippen LogP) is 5.27. The summed E-state index contributed by atoms with van der Waals surface area (Å²) < 4.78 is 19.7. The van der Waals surface area contributed by atoms with Crippen LogP contribution >= 0.6 is 23.2 Å². The van der Waals surface area contributed by atoms with Crippen LogP contribution in [0.4, 0.5) is 4.39 Å². The molecule has 11 atom stereocenters. The van der Waals surface area contributed by atoms with E-state index < -0.39 is 82.9 Å². The van der Waals surface area contributed by atoms with Crippen molar-refractivity contribution in [3.63, 3.8) is 0 Å². The number of ether oxygens (including phenoxy) is 1. The molecule has 3 aliphatic carbocycles. The molecule has 21 nitrogen and oxygen atoms in total.